The van der Waals surface area contributed by atoms with Crippen LogP contribution >= 0.6 is 0 Å². The molecule has 1 aliphatic carbocycles. The van der Waals surface area contributed by atoms with Crippen molar-refractivity contribution in [3.63, 3.8) is 0 Å². The van der Waals surface area contributed by atoms with E-state index in [1.54, 1.807) is 16.8 Å². The molecule has 0 saturated carbocycles. The summed E-state index contributed by atoms with van der Waals surface area (Å²) in [6.45, 7) is 0. The standard InChI is InChI=1S/C24H22N6O/c1-29(2)18-12-10-17(11-13-18)23-27-24-26-19-4-3-5-20(31)21(19)22(30(24)28-23)16-8-6-15(14-25)7-9-16/h6-13,22H,3-5H2,1-2H3,(H,26,27,28). The molecule has 31 heavy (non-hydrogen) atoms. The average Bonchev–Trinajstić information content (AvgIpc) is 3.22. The Morgan fingerprint density at radius 2 is 1.84 bits per heavy atom. The number of nitriles is 1. The molecular formula is C24H22N6O. The monoisotopic (exact) mass is 410 g/mol. The highest BCUT2D eigenvalue weighted by Gasteiger charge is 2.36. The second-order valence-electron chi connectivity index (χ2n) is 8.08. The highest BCUT2D eigenvalue weighted by Crippen LogP contribution is 2.40. The van der Waals surface area contributed by atoms with Crippen molar-refractivity contribution in [1.29, 1.82) is 5.26 Å². The van der Waals surface area contributed by atoms with Crippen molar-refractivity contribution < 1.29 is 4.79 Å². The number of fused-ring (bicyclic) bond motifs is 1. The molecule has 0 spiro atoms. The zero-order chi connectivity index (χ0) is 21.5. The van der Waals surface area contributed by atoms with E-state index < -0.39 is 0 Å². The van der Waals surface area contributed by atoms with E-state index in [0.717, 1.165) is 40.9 Å². The topological polar surface area (TPSA) is 86.8 Å². The summed E-state index contributed by atoms with van der Waals surface area (Å²) in [4.78, 5) is 19.7. The van der Waals surface area contributed by atoms with Crippen molar-refractivity contribution in [2.75, 3.05) is 24.3 Å². The molecule has 154 valence electrons. The number of carbonyl (C=O) groups is 1. The Morgan fingerprint density at radius 3 is 2.52 bits per heavy atom. The highest BCUT2D eigenvalue weighted by atomic mass is 16.1. The van der Waals surface area contributed by atoms with Gasteiger partial charge in [-0.05, 0) is 54.8 Å². The lowest BCUT2D eigenvalue weighted by atomic mass is 9.85. The predicted molar refractivity (Wildman–Crippen MR) is 119 cm³/mol. The van der Waals surface area contributed by atoms with Crippen LogP contribution in [-0.2, 0) is 4.79 Å². The minimum Gasteiger partial charge on any atom is -0.378 e. The lowest BCUT2D eigenvalue weighted by Gasteiger charge is -2.32. The molecule has 0 fully saturated rings. The zero-order valence-electron chi connectivity index (χ0n) is 17.5. The van der Waals surface area contributed by atoms with Gasteiger partial charge in [0, 0.05) is 43.0 Å². The molecule has 0 saturated heterocycles. The molecule has 2 aromatic carbocycles. The van der Waals surface area contributed by atoms with Gasteiger partial charge in [0.15, 0.2) is 11.6 Å². The molecule has 2 heterocycles. The Balaban J connectivity index is 1.61. The number of ketones is 1. The van der Waals surface area contributed by atoms with E-state index in [4.69, 9.17) is 15.3 Å². The molecule has 3 aromatic rings. The molecule has 7 heteroatoms. The largest absolute Gasteiger partial charge is 0.378 e. The Morgan fingerprint density at radius 1 is 1.10 bits per heavy atom. The molecule has 0 amide bonds. The average molecular weight is 410 g/mol. The van der Waals surface area contributed by atoms with E-state index in [1.165, 1.54) is 0 Å². The molecule has 0 bridgehead atoms. The fourth-order valence-electron chi connectivity index (χ4n) is 4.24. The molecule has 5 rings (SSSR count). The van der Waals surface area contributed by atoms with E-state index in [2.05, 4.69) is 11.4 Å². The van der Waals surface area contributed by atoms with E-state index in [9.17, 15) is 4.79 Å². The minimum atomic E-state index is -0.353. The summed E-state index contributed by atoms with van der Waals surface area (Å²) in [5, 5.41) is 17.3. The van der Waals surface area contributed by atoms with Gasteiger partial charge in [0.1, 0.15) is 6.04 Å². The number of rotatable bonds is 3. The summed E-state index contributed by atoms with van der Waals surface area (Å²) in [7, 11) is 4.00. The lowest BCUT2D eigenvalue weighted by molar-refractivity contribution is -0.116. The highest BCUT2D eigenvalue weighted by molar-refractivity contribution is 5.99. The first-order valence-corrected chi connectivity index (χ1v) is 10.3. The van der Waals surface area contributed by atoms with Crippen LogP contribution in [-0.4, -0.2) is 34.6 Å². The first-order valence-electron chi connectivity index (χ1n) is 10.3. The first kappa shape index (κ1) is 19.1. The van der Waals surface area contributed by atoms with Crippen LogP contribution in [0.2, 0.25) is 0 Å². The van der Waals surface area contributed by atoms with Crippen LogP contribution in [0.1, 0.15) is 36.4 Å². The van der Waals surface area contributed by atoms with Gasteiger partial charge >= 0.3 is 0 Å². The first-order chi connectivity index (χ1) is 15.0. The number of allylic oxidation sites excluding steroid dienone is 2. The van der Waals surface area contributed by atoms with Crippen molar-refractivity contribution in [2.45, 2.75) is 25.3 Å². The Kier molecular flexibility index (Phi) is 4.55. The van der Waals surface area contributed by atoms with Gasteiger partial charge < -0.3 is 10.2 Å². The van der Waals surface area contributed by atoms with Crippen LogP contribution in [0.3, 0.4) is 0 Å². The quantitative estimate of drug-likeness (QED) is 0.705. The number of carbonyl (C=O) groups excluding carboxylic acids is 1. The van der Waals surface area contributed by atoms with E-state index in [0.29, 0.717) is 23.8 Å². The maximum Gasteiger partial charge on any atom is 0.226 e. The smallest absolute Gasteiger partial charge is 0.226 e. The number of hydrogen-bond donors (Lipinski definition) is 1. The van der Waals surface area contributed by atoms with Crippen LogP contribution in [0.25, 0.3) is 11.4 Å². The number of aromatic nitrogens is 3. The van der Waals surface area contributed by atoms with Crippen LogP contribution in [0.4, 0.5) is 11.6 Å². The van der Waals surface area contributed by atoms with Gasteiger partial charge in [-0.15, -0.1) is 5.10 Å². The molecule has 0 radical (unpaired) electrons. The van der Waals surface area contributed by atoms with E-state index >= 15 is 0 Å². The second-order valence-corrected chi connectivity index (χ2v) is 8.08. The van der Waals surface area contributed by atoms with Crippen LogP contribution in [0.15, 0.2) is 59.8 Å². The third kappa shape index (κ3) is 3.26. The van der Waals surface area contributed by atoms with Gasteiger partial charge in [-0.1, -0.05) is 12.1 Å². The SMILES string of the molecule is CN(C)c1ccc(-c2nc3n(n2)C(c2ccc(C#N)cc2)C2=C(CCCC2=O)N3)cc1. The van der Waals surface area contributed by atoms with Crippen molar-refractivity contribution in [1.82, 2.24) is 14.8 Å². The summed E-state index contributed by atoms with van der Waals surface area (Å²) in [6, 6.07) is 17.2. The molecule has 1 aromatic heterocycles. The lowest BCUT2D eigenvalue weighted by Crippen LogP contribution is -2.31. The number of nitrogens with zero attached hydrogens (tertiary/aromatic N) is 5. The fraction of sp³-hybridized carbons (Fsp3) is 0.250. The molecule has 1 unspecified atom stereocenters. The third-order valence-corrected chi connectivity index (χ3v) is 5.87. The number of benzene rings is 2. The number of nitrogens with one attached hydrogen (secondary N) is 1. The molecule has 1 aliphatic heterocycles. The summed E-state index contributed by atoms with van der Waals surface area (Å²) < 4.78 is 1.80. The number of hydrogen-bond acceptors (Lipinski definition) is 6. The van der Waals surface area contributed by atoms with Crippen molar-refractivity contribution in [2.24, 2.45) is 0 Å². The predicted octanol–water partition coefficient (Wildman–Crippen LogP) is 3.90. The summed E-state index contributed by atoms with van der Waals surface area (Å²) in [5.41, 5.74) is 5.20. The van der Waals surface area contributed by atoms with Crippen molar-refractivity contribution in [3.8, 4) is 17.5 Å². The van der Waals surface area contributed by atoms with Gasteiger partial charge in [0.25, 0.3) is 0 Å². The maximum atomic E-state index is 12.9. The minimum absolute atomic E-state index is 0.140. The van der Waals surface area contributed by atoms with Crippen molar-refractivity contribution >= 4 is 17.4 Å². The summed E-state index contributed by atoms with van der Waals surface area (Å²) >= 11 is 0. The van der Waals surface area contributed by atoms with Gasteiger partial charge in [0.2, 0.25) is 5.95 Å². The molecule has 2 aliphatic rings. The number of Topliss-reactive ketones (excluding diaryl/α,β-unsaturated/α-hetero) is 1. The number of anilines is 2. The van der Waals surface area contributed by atoms with E-state index in [1.807, 2.05) is 55.4 Å². The van der Waals surface area contributed by atoms with E-state index in [-0.39, 0.29) is 11.8 Å². The maximum absolute atomic E-state index is 12.9. The molecule has 7 nitrogen and oxygen atoms in total. The van der Waals surface area contributed by atoms with Gasteiger partial charge in [-0.25, -0.2) is 4.68 Å². The summed E-state index contributed by atoms with van der Waals surface area (Å²) in [5.74, 6) is 1.38. The van der Waals surface area contributed by atoms with Crippen molar-refractivity contribution in [3.05, 3.63) is 70.9 Å². The fourth-order valence-corrected chi connectivity index (χ4v) is 4.24. The Hall–Kier alpha value is -3.92. The van der Waals surface area contributed by atoms with Crippen LogP contribution in [0.5, 0.6) is 0 Å². The molecule has 1 N–H and O–H groups in total. The normalized spacial score (nSPS) is 17.5. The summed E-state index contributed by atoms with van der Waals surface area (Å²) in [6.07, 6.45) is 2.18. The zero-order valence-corrected chi connectivity index (χ0v) is 17.5. The Bertz CT molecular complexity index is 1230. The second kappa shape index (κ2) is 7.40. The van der Waals surface area contributed by atoms with Gasteiger partial charge in [-0.3, -0.25) is 4.79 Å². The molecular weight excluding hydrogens is 388 g/mol. The van der Waals surface area contributed by atoms with Crippen LogP contribution in [0, 0.1) is 11.3 Å². The van der Waals surface area contributed by atoms with Gasteiger partial charge in [-0.2, -0.15) is 10.2 Å². The van der Waals surface area contributed by atoms with Gasteiger partial charge in [0.05, 0.1) is 11.6 Å². The van der Waals surface area contributed by atoms with Crippen LogP contribution < -0.4 is 10.2 Å². The molecule has 1 atom stereocenters. The third-order valence-electron chi connectivity index (χ3n) is 5.87. The Labute approximate surface area is 180 Å².